The van der Waals surface area contributed by atoms with Gasteiger partial charge in [0.15, 0.2) is 0 Å². The van der Waals surface area contributed by atoms with E-state index >= 15 is 0 Å². The van der Waals surface area contributed by atoms with E-state index in [1.165, 1.54) is 11.8 Å². The van der Waals surface area contributed by atoms with Crippen molar-refractivity contribution < 1.29 is 0 Å². The molecule has 1 aromatic carbocycles. The highest BCUT2D eigenvalue weighted by Gasteiger charge is 2.10. The number of nitrogens with zero attached hydrogens (tertiary/aromatic N) is 3. The lowest BCUT2D eigenvalue weighted by molar-refractivity contribution is 1.04. The molecule has 0 spiro atoms. The lowest BCUT2D eigenvalue weighted by Gasteiger charge is -2.17. The molecular weight excluding hydrogens is 328 g/mol. The van der Waals surface area contributed by atoms with Gasteiger partial charge in [0.05, 0.1) is 16.7 Å². The number of hydrogen-bond acceptors (Lipinski definition) is 5. The third-order valence-corrected chi connectivity index (χ3v) is 4.83. The van der Waals surface area contributed by atoms with E-state index in [2.05, 4.69) is 15.0 Å². The van der Waals surface area contributed by atoms with Gasteiger partial charge in [-0.1, -0.05) is 42.2 Å². The van der Waals surface area contributed by atoms with Crippen molar-refractivity contribution >= 4 is 45.0 Å². The van der Waals surface area contributed by atoms with Crippen molar-refractivity contribution in [2.24, 2.45) is 0 Å². The number of anilines is 1. The van der Waals surface area contributed by atoms with Gasteiger partial charge >= 0.3 is 0 Å². The predicted molar refractivity (Wildman–Crippen MR) is 98.9 cm³/mol. The molecule has 1 N–H and O–H groups in total. The van der Waals surface area contributed by atoms with Crippen LogP contribution in [0.5, 0.6) is 0 Å². The second-order valence-electron chi connectivity index (χ2n) is 4.83. The van der Waals surface area contributed by atoms with Crippen molar-refractivity contribution in [3.63, 3.8) is 0 Å². The van der Waals surface area contributed by atoms with Crippen LogP contribution >= 0.6 is 24.0 Å². The number of aromatic amines is 1. The maximum atomic E-state index is 12.0. The molecule has 5 nitrogen and oxygen atoms in total. The van der Waals surface area contributed by atoms with Gasteiger partial charge in [-0.15, -0.1) is 0 Å². The number of pyridine rings is 1. The normalized spacial score (nSPS) is 10.7. The molecule has 3 rings (SSSR count). The lowest BCUT2D eigenvalue weighted by Crippen LogP contribution is -2.22. The molecule has 0 unspecified atom stereocenters. The Kier molecular flexibility index (Phi) is 4.68. The number of rotatable bonds is 3. The van der Waals surface area contributed by atoms with Gasteiger partial charge < -0.3 is 9.88 Å². The largest absolute Gasteiger partial charge is 0.315 e. The molecule has 2 heterocycles. The summed E-state index contributed by atoms with van der Waals surface area (Å²) in [4.78, 5) is 25.4. The summed E-state index contributed by atoms with van der Waals surface area (Å²) in [5.41, 5.74) is 0.561. The molecule has 0 amide bonds. The molecule has 0 radical (unpaired) electrons. The number of H-pyrrole nitrogens is 1. The van der Waals surface area contributed by atoms with E-state index in [9.17, 15) is 4.79 Å². The van der Waals surface area contributed by atoms with Gasteiger partial charge in [-0.3, -0.25) is 4.79 Å². The molecule has 2 aromatic heterocycles. The summed E-state index contributed by atoms with van der Waals surface area (Å²) in [5.74, 6) is 1.89. The summed E-state index contributed by atoms with van der Waals surface area (Å²) >= 11 is 6.85. The first-order chi connectivity index (χ1) is 11.1. The van der Waals surface area contributed by atoms with Crippen LogP contribution in [0.15, 0.2) is 53.5 Å². The summed E-state index contributed by atoms with van der Waals surface area (Å²) in [6, 6.07) is 12.9. The molecule has 116 valence electrons. The van der Waals surface area contributed by atoms with Gasteiger partial charge in [-0.2, -0.15) is 0 Å². The number of para-hydroxylation sites is 1. The van der Waals surface area contributed by atoms with Crippen LogP contribution in [-0.2, 0) is 5.75 Å². The minimum Gasteiger partial charge on any atom is -0.315 e. The second kappa shape index (κ2) is 6.89. The zero-order chi connectivity index (χ0) is 16.2. The van der Waals surface area contributed by atoms with Crippen molar-refractivity contribution in [2.75, 3.05) is 11.9 Å². The van der Waals surface area contributed by atoms with Gasteiger partial charge in [0.25, 0.3) is 5.56 Å². The average Bonchev–Trinajstić information content (AvgIpc) is 2.60. The van der Waals surface area contributed by atoms with E-state index in [1.807, 2.05) is 48.3 Å². The summed E-state index contributed by atoms with van der Waals surface area (Å²) < 4.78 is 0.666. The number of nitrogens with one attached hydrogen (secondary N) is 1. The van der Waals surface area contributed by atoms with Crippen molar-refractivity contribution in [3.8, 4) is 0 Å². The van der Waals surface area contributed by atoms with E-state index < -0.39 is 0 Å². The predicted octanol–water partition coefficient (Wildman–Crippen LogP) is 2.97. The van der Waals surface area contributed by atoms with E-state index in [4.69, 9.17) is 12.2 Å². The number of aromatic nitrogens is 3. The molecule has 0 atom stereocenters. The average molecular weight is 342 g/mol. The molecule has 3 aromatic rings. The Balaban J connectivity index is 1.73. The van der Waals surface area contributed by atoms with Crippen LogP contribution in [0, 0.1) is 0 Å². The standard InChI is InChI=1S/C16H14N4OS2/c1-20(14-8-4-5-9-17-14)16(22)23-10-13-18-12-7-3-2-6-11(12)15(21)19-13/h2-9H,10H2,1H3,(H,18,19,21). The summed E-state index contributed by atoms with van der Waals surface area (Å²) in [6.07, 6.45) is 1.72. The highest BCUT2D eigenvalue weighted by Crippen LogP contribution is 2.18. The van der Waals surface area contributed by atoms with Crippen molar-refractivity contribution in [1.82, 2.24) is 15.0 Å². The molecule has 0 saturated carbocycles. The Morgan fingerprint density at radius 2 is 2.04 bits per heavy atom. The second-order valence-corrected chi connectivity index (χ2v) is 6.44. The van der Waals surface area contributed by atoms with Gasteiger partial charge in [-0.25, -0.2) is 9.97 Å². The Morgan fingerprint density at radius 3 is 2.83 bits per heavy atom. The molecule has 0 saturated heterocycles. The first-order valence-corrected chi connectivity index (χ1v) is 8.34. The number of fused-ring (bicyclic) bond motifs is 1. The van der Waals surface area contributed by atoms with Gasteiger partial charge in [0.1, 0.15) is 16.0 Å². The van der Waals surface area contributed by atoms with Gasteiger partial charge in [-0.05, 0) is 24.3 Å². The third-order valence-electron chi connectivity index (χ3n) is 3.26. The Hall–Kier alpha value is -2.25. The van der Waals surface area contributed by atoms with Crippen LogP contribution in [0.3, 0.4) is 0 Å². The Labute approximate surface area is 142 Å². The van der Waals surface area contributed by atoms with E-state index in [0.717, 1.165) is 5.82 Å². The molecular formula is C16H14N4OS2. The summed E-state index contributed by atoms with van der Waals surface area (Å²) in [6.45, 7) is 0. The fourth-order valence-corrected chi connectivity index (χ4v) is 3.03. The molecule has 23 heavy (non-hydrogen) atoms. The smallest absolute Gasteiger partial charge is 0.258 e. The fraction of sp³-hybridized carbons (Fsp3) is 0.125. The highest BCUT2D eigenvalue weighted by molar-refractivity contribution is 8.22. The number of hydrogen-bond donors (Lipinski definition) is 1. The zero-order valence-electron chi connectivity index (χ0n) is 12.4. The molecule has 0 fully saturated rings. The van der Waals surface area contributed by atoms with Crippen LogP contribution in [0.1, 0.15) is 5.82 Å². The first kappa shape index (κ1) is 15.6. The summed E-state index contributed by atoms with van der Waals surface area (Å²) in [7, 11) is 1.87. The van der Waals surface area contributed by atoms with Crippen LogP contribution in [0.2, 0.25) is 0 Å². The molecule has 0 aliphatic carbocycles. The minimum absolute atomic E-state index is 0.129. The number of thioether (sulfide) groups is 1. The van der Waals surface area contributed by atoms with Crippen molar-refractivity contribution in [2.45, 2.75) is 5.75 Å². The molecule has 7 heteroatoms. The van der Waals surface area contributed by atoms with Crippen LogP contribution in [-0.4, -0.2) is 26.3 Å². The van der Waals surface area contributed by atoms with Crippen LogP contribution < -0.4 is 10.5 Å². The molecule has 0 bridgehead atoms. The molecule has 0 aliphatic heterocycles. The maximum absolute atomic E-state index is 12.0. The number of thiocarbonyl (C=S) groups is 1. The fourth-order valence-electron chi connectivity index (χ4n) is 2.08. The lowest BCUT2D eigenvalue weighted by atomic mass is 10.2. The highest BCUT2D eigenvalue weighted by atomic mass is 32.2. The van der Waals surface area contributed by atoms with Gasteiger partial charge in [0.2, 0.25) is 0 Å². The SMILES string of the molecule is CN(C(=S)SCc1nc2ccccc2c(=O)[nH]1)c1ccccn1. The van der Waals surface area contributed by atoms with Crippen molar-refractivity contribution in [3.05, 3.63) is 64.8 Å². The van der Waals surface area contributed by atoms with E-state index in [0.29, 0.717) is 26.8 Å². The van der Waals surface area contributed by atoms with Crippen molar-refractivity contribution in [1.29, 1.82) is 0 Å². The Bertz CT molecular complexity index is 895. The van der Waals surface area contributed by atoms with Gasteiger partial charge in [0, 0.05) is 13.2 Å². The number of benzene rings is 1. The Morgan fingerprint density at radius 1 is 1.26 bits per heavy atom. The third kappa shape index (κ3) is 3.57. The van der Waals surface area contributed by atoms with Crippen LogP contribution in [0.25, 0.3) is 10.9 Å². The van der Waals surface area contributed by atoms with Crippen LogP contribution in [0.4, 0.5) is 5.82 Å². The quantitative estimate of drug-likeness (QED) is 0.739. The maximum Gasteiger partial charge on any atom is 0.258 e. The van der Waals surface area contributed by atoms with E-state index in [-0.39, 0.29) is 5.56 Å². The topological polar surface area (TPSA) is 61.9 Å². The minimum atomic E-state index is -0.129. The summed E-state index contributed by atoms with van der Waals surface area (Å²) in [5, 5.41) is 0.592. The van der Waals surface area contributed by atoms with E-state index in [1.54, 1.807) is 12.3 Å². The zero-order valence-corrected chi connectivity index (χ0v) is 14.0. The molecule has 0 aliphatic rings. The monoisotopic (exact) mass is 342 g/mol. The first-order valence-electron chi connectivity index (χ1n) is 6.94.